The summed E-state index contributed by atoms with van der Waals surface area (Å²) in [5.74, 6) is 2.69. The summed E-state index contributed by atoms with van der Waals surface area (Å²) in [5, 5.41) is 10.6. The van der Waals surface area contributed by atoms with Crippen LogP contribution in [-0.4, -0.2) is 46.0 Å². The number of aromatic hydroxyl groups is 1. The van der Waals surface area contributed by atoms with E-state index in [4.69, 9.17) is 0 Å². The van der Waals surface area contributed by atoms with Crippen LogP contribution in [0.25, 0.3) is 0 Å². The van der Waals surface area contributed by atoms with Crippen molar-refractivity contribution in [2.24, 2.45) is 29.1 Å². The van der Waals surface area contributed by atoms with Crippen LogP contribution in [0.3, 0.4) is 0 Å². The maximum atomic E-state index is 14.0. The number of carbonyl (C=O) groups is 1. The lowest BCUT2D eigenvalue weighted by atomic mass is 9.48. The van der Waals surface area contributed by atoms with Gasteiger partial charge in [-0.05, 0) is 78.3 Å². The Balaban J connectivity index is 1.32. The molecule has 6 aliphatic rings. The van der Waals surface area contributed by atoms with E-state index in [2.05, 4.69) is 59.2 Å². The molecule has 4 aliphatic carbocycles. The highest BCUT2D eigenvalue weighted by Gasteiger charge is 2.85. The molecule has 1 spiro atoms. The van der Waals surface area contributed by atoms with Gasteiger partial charge in [0.2, 0.25) is 5.91 Å². The molecule has 0 radical (unpaired) electrons. The molecule has 5 fully saturated rings. The Hall–Kier alpha value is -2.33. The van der Waals surface area contributed by atoms with Crippen LogP contribution in [0.2, 0.25) is 0 Å². The number of hydrogen-bond acceptors (Lipinski definition) is 3. The number of nitrogens with zero attached hydrogens (tertiary/aromatic N) is 2. The first-order chi connectivity index (χ1) is 16.1. The van der Waals surface area contributed by atoms with E-state index in [1.165, 1.54) is 29.7 Å². The summed E-state index contributed by atoms with van der Waals surface area (Å²) in [6.07, 6.45) is 4.58. The van der Waals surface area contributed by atoms with Crippen LogP contribution in [0, 0.1) is 29.1 Å². The molecular weight excluding hydrogens is 408 g/mol. The van der Waals surface area contributed by atoms with E-state index < -0.39 is 0 Å². The number of piperidine rings is 1. The molecule has 2 heterocycles. The van der Waals surface area contributed by atoms with Crippen molar-refractivity contribution in [3.8, 4) is 5.75 Å². The topological polar surface area (TPSA) is 43.8 Å². The van der Waals surface area contributed by atoms with Gasteiger partial charge in [-0.3, -0.25) is 9.69 Å². The molecule has 1 amide bonds. The molecule has 8 atom stereocenters. The zero-order valence-corrected chi connectivity index (χ0v) is 19.3. The summed E-state index contributed by atoms with van der Waals surface area (Å²) in [5.41, 5.74) is 4.39. The summed E-state index contributed by atoms with van der Waals surface area (Å²) >= 11 is 0. The lowest BCUT2D eigenvalue weighted by Gasteiger charge is -2.60. The van der Waals surface area contributed by atoms with E-state index in [0.29, 0.717) is 41.5 Å². The lowest BCUT2D eigenvalue weighted by Crippen LogP contribution is -2.63. The number of carbonyl (C=O) groups excluding carboxylic acids is 1. The predicted molar refractivity (Wildman–Crippen MR) is 126 cm³/mol. The van der Waals surface area contributed by atoms with E-state index in [0.717, 1.165) is 32.4 Å². The Morgan fingerprint density at radius 3 is 2.82 bits per heavy atom. The minimum absolute atomic E-state index is 0.0645. The van der Waals surface area contributed by atoms with Gasteiger partial charge < -0.3 is 10.0 Å². The summed E-state index contributed by atoms with van der Waals surface area (Å²) in [7, 11) is 0. The molecule has 8 rings (SSSR count). The highest BCUT2D eigenvalue weighted by Crippen LogP contribution is 2.82. The molecule has 2 aliphatic heterocycles. The molecular formula is C29H32N2O2. The second-order valence-corrected chi connectivity index (χ2v) is 11.8. The van der Waals surface area contributed by atoms with Crippen LogP contribution in [0.1, 0.15) is 42.9 Å². The lowest BCUT2D eigenvalue weighted by molar-refractivity contribution is -0.135. The molecule has 0 aromatic heterocycles. The molecule has 7 unspecified atom stereocenters. The number of rotatable bonds is 3. The first-order valence-electron chi connectivity index (χ1n) is 13.0. The van der Waals surface area contributed by atoms with Crippen LogP contribution in [-0.2, 0) is 23.2 Å². The number of phenolic OH excluding ortho intramolecular Hbond substituents is 1. The van der Waals surface area contributed by atoms with Gasteiger partial charge in [0.05, 0.1) is 0 Å². The van der Waals surface area contributed by atoms with Gasteiger partial charge in [0.1, 0.15) is 5.75 Å². The van der Waals surface area contributed by atoms with Gasteiger partial charge in [-0.15, -0.1) is 0 Å². The number of phenols is 1. The van der Waals surface area contributed by atoms with Crippen LogP contribution in [0.4, 0.5) is 0 Å². The SMILES string of the molecule is CCN1CC2C3Cc4ccc(O)cc4C24C2C5CCC4(C[C@@H]2C(=O)N5Cc2ccccc2)C31. The number of fused-ring (bicyclic) bond motifs is 1. The van der Waals surface area contributed by atoms with Crippen molar-refractivity contribution in [2.75, 3.05) is 13.1 Å². The van der Waals surface area contributed by atoms with Gasteiger partial charge in [0, 0.05) is 42.4 Å². The average Bonchev–Trinajstić information content (AvgIpc) is 3.43. The van der Waals surface area contributed by atoms with Crippen molar-refractivity contribution in [1.29, 1.82) is 0 Å². The van der Waals surface area contributed by atoms with Gasteiger partial charge in [-0.25, -0.2) is 0 Å². The Morgan fingerprint density at radius 1 is 1.15 bits per heavy atom. The molecule has 2 saturated heterocycles. The maximum Gasteiger partial charge on any atom is 0.226 e. The molecule has 170 valence electrons. The second kappa shape index (κ2) is 6.02. The standard InChI is InChI=1S/C29H32N2O2/c1-2-30-16-23-20-12-18-8-9-19(32)13-22(18)29(23)25-21-14-28(29,26(20)30)11-10-24(25)31(27(21)33)15-17-6-4-3-5-7-17/h3-9,13,20-21,23-26,32H,2,10-12,14-16H2,1H3/t20?,21-,23?,24?,25?,26?,28?,29?/m0/s1. The zero-order chi connectivity index (χ0) is 22.1. The fraction of sp³-hybridized carbons (Fsp3) is 0.552. The molecule has 4 heteroatoms. The Kier molecular flexibility index (Phi) is 3.47. The Morgan fingerprint density at radius 2 is 2.00 bits per heavy atom. The molecule has 33 heavy (non-hydrogen) atoms. The molecule has 2 aromatic carbocycles. The van der Waals surface area contributed by atoms with Gasteiger partial charge in [-0.2, -0.15) is 0 Å². The third-order valence-electron chi connectivity index (χ3n) is 11.2. The number of benzene rings is 2. The molecule has 3 saturated carbocycles. The normalized spacial score (nSPS) is 43.8. The van der Waals surface area contributed by atoms with Crippen molar-refractivity contribution in [2.45, 2.75) is 56.7 Å². The van der Waals surface area contributed by atoms with Crippen molar-refractivity contribution < 1.29 is 9.90 Å². The smallest absolute Gasteiger partial charge is 0.226 e. The van der Waals surface area contributed by atoms with Crippen LogP contribution in [0.15, 0.2) is 48.5 Å². The quantitative estimate of drug-likeness (QED) is 0.786. The van der Waals surface area contributed by atoms with E-state index >= 15 is 0 Å². The number of hydrogen-bond donors (Lipinski definition) is 1. The minimum atomic E-state index is 0.0645. The van der Waals surface area contributed by atoms with Crippen molar-refractivity contribution >= 4 is 5.91 Å². The summed E-state index contributed by atoms with van der Waals surface area (Å²) in [6, 6.07) is 17.7. The van der Waals surface area contributed by atoms with Gasteiger partial charge >= 0.3 is 0 Å². The van der Waals surface area contributed by atoms with E-state index in [9.17, 15) is 9.90 Å². The Bertz CT molecular complexity index is 1180. The van der Waals surface area contributed by atoms with E-state index in [1.54, 1.807) is 0 Å². The van der Waals surface area contributed by atoms with Gasteiger partial charge in [0.15, 0.2) is 0 Å². The molecule has 1 N–H and O–H groups in total. The van der Waals surface area contributed by atoms with Gasteiger partial charge in [-0.1, -0.05) is 43.3 Å². The minimum Gasteiger partial charge on any atom is -0.508 e. The fourth-order valence-corrected chi connectivity index (χ4v) is 10.7. The second-order valence-electron chi connectivity index (χ2n) is 11.8. The van der Waals surface area contributed by atoms with Crippen molar-refractivity contribution in [1.82, 2.24) is 9.80 Å². The van der Waals surface area contributed by atoms with Crippen LogP contribution < -0.4 is 0 Å². The third kappa shape index (κ3) is 1.92. The fourth-order valence-electron chi connectivity index (χ4n) is 10.7. The highest BCUT2D eigenvalue weighted by atomic mass is 16.3. The summed E-state index contributed by atoms with van der Waals surface area (Å²) in [4.78, 5) is 19.0. The highest BCUT2D eigenvalue weighted by molar-refractivity contribution is 5.84. The maximum absolute atomic E-state index is 14.0. The van der Waals surface area contributed by atoms with Crippen molar-refractivity contribution in [3.63, 3.8) is 0 Å². The number of likely N-dealkylation sites (tertiary alicyclic amines) is 2. The first-order valence-corrected chi connectivity index (χ1v) is 13.0. The zero-order valence-electron chi connectivity index (χ0n) is 19.3. The number of amides is 1. The summed E-state index contributed by atoms with van der Waals surface area (Å²) in [6.45, 7) is 5.35. The molecule has 2 aromatic rings. The van der Waals surface area contributed by atoms with Crippen LogP contribution >= 0.6 is 0 Å². The first kappa shape index (κ1) is 19.0. The molecule has 6 bridgehead atoms. The average molecular weight is 441 g/mol. The predicted octanol–water partition coefficient (Wildman–Crippen LogP) is 3.96. The monoisotopic (exact) mass is 440 g/mol. The largest absolute Gasteiger partial charge is 0.508 e. The van der Waals surface area contributed by atoms with Crippen LogP contribution in [0.5, 0.6) is 5.75 Å². The third-order valence-corrected chi connectivity index (χ3v) is 11.2. The van der Waals surface area contributed by atoms with E-state index in [-0.39, 0.29) is 16.7 Å². The van der Waals surface area contributed by atoms with Crippen molar-refractivity contribution in [3.05, 3.63) is 65.2 Å². The Labute approximate surface area is 195 Å². The van der Waals surface area contributed by atoms with Gasteiger partial charge in [0.25, 0.3) is 0 Å². The van der Waals surface area contributed by atoms with E-state index in [1.807, 2.05) is 6.07 Å². The molecule has 4 nitrogen and oxygen atoms in total. The summed E-state index contributed by atoms with van der Waals surface area (Å²) < 4.78 is 0.